The van der Waals surface area contributed by atoms with Gasteiger partial charge in [-0.3, -0.25) is 4.79 Å². The van der Waals surface area contributed by atoms with Gasteiger partial charge in [-0.05, 0) is 42.5 Å². The highest BCUT2D eigenvalue weighted by atomic mass is 35.5. The summed E-state index contributed by atoms with van der Waals surface area (Å²) in [6.45, 7) is 0.360. The first-order chi connectivity index (χ1) is 11.2. The Bertz CT molecular complexity index is 736. The van der Waals surface area contributed by atoms with Crippen molar-refractivity contribution in [2.45, 2.75) is 31.1 Å². The Hall–Kier alpha value is -1.76. The van der Waals surface area contributed by atoms with E-state index in [9.17, 15) is 4.79 Å². The Morgan fingerprint density at radius 3 is 2.78 bits per heavy atom. The van der Waals surface area contributed by atoms with Gasteiger partial charge in [0.05, 0.1) is 12.0 Å². The van der Waals surface area contributed by atoms with Crippen LogP contribution in [0.3, 0.4) is 0 Å². The average molecular weight is 344 g/mol. The molecule has 0 radical (unpaired) electrons. The van der Waals surface area contributed by atoms with E-state index in [2.05, 4.69) is 23.2 Å². The van der Waals surface area contributed by atoms with Crippen LogP contribution in [-0.2, 0) is 10.2 Å². The van der Waals surface area contributed by atoms with Crippen molar-refractivity contribution in [3.05, 3.63) is 57.2 Å². The predicted octanol–water partition coefficient (Wildman–Crippen LogP) is 4.38. The molecule has 23 heavy (non-hydrogen) atoms. The first kappa shape index (κ1) is 16.1. The van der Waals surface area contributed by atoms with Gasteiger partial charge in [0.1, 0.15) is 0 Å². The number of amides is 1. The number of benzene rings is 1. The van der Waals surface area contributed by atoms with Crippen LogP contribution in [-0.4, -0.2) is 12.5 Å². The third kappa shape index (κ3) is 3.60. The molecule has 1 amide bonds. The molecule has 0 unspecified atom stereocenters. The zero-order valence-electron chi connectivity index (χ0n) is 12.8. The topological polar surface area (TPSA) is 29.1 Å². The molecule has 3 rings (SSSR count). The summed E-state index contributed by atoms with van der Waals surface area (Å²) in [5.74, 6) is 6.15. The van der Waals surface area contributed by atoms with Gasteiger partial charge >= 0.3 is 0 Å². The van der Waals surface area contributed by atoms with Gasteiger partial charge < -0.3 is 5.32 Å². The quantitative estimate of drug-likeness (QED) is 0.823. The number of hydrogen-bond acceptors (Lipinski definition) is 2. The Morgan fingerprint density at radius 2 is 2.09 bits per heavy atom. The highest BCUT2D eigenvalue weighted by molar-refractivity contribution is 7.10. The van der Waals surface area contributed by atoms with Gasteiger partial charge in [-0.25, -0.2) is 0 Å². The molecule has 1 saturated carbocycles. The molecule has 1 N–H and O–H groups in total. The molecule has 1 aliphatic rings. The molecular weight excluding hydrogens is 326 g/mol. The average Bonchev–Trinajstić information content (AvgIpc) is 3.22. The second kappa shape index (κ2) is 7.21. The second-order valence-corrected chi connectivity index (χ2v) is 7.15. The fraction of sp³-hybridized carbons (Fsp3) is 0.316. The maximum absolute atomic E-state index is 12.7. The Balaban J connectivity index is 1.65. The molecule has 2 aromatic rings. The largest absolute Gasteiger partial charge is 0.344 e. The van der Waals surface area contributed by atoms with E-state index in [1.807, 2.05) is 35.7 Å². The summed E-state index contributed by atoms with van der Waals surface area (Å²) < 4.78 is 0. The summed E-state index contributed by atoms with van der Waals surface area (Å²) in [5.41, 5.74) is 0.520. The summed E-state index contributed by atoms with van der Waals surface area (Å²) in [6, 6.07) is 11.5. The number of carbonyl (C=O) groups excluding carboxylic acids is 1. The summed E-state index contributed by atoms with van der Waals surface area (Å²) >= 11 is 7.61. The van der Waals surface area contributed by atoms with Crippen LogP contribution in [0.5, 0.6) is 0 Å². The second-order valence-electron chi connectivity index (χ2n) is 5.76. The lowest BCUT2D eigenvalue weighted by atomic mass is 9.83. The molecule has 2 nitrogen and oxygen atoms in total. The van der Waals surface area contributed by atoms with Crippen molar-refractivity contribution in [3.8, 4) is 11.8 Å². The SMILES string of the molecule is O=C(NCC#Cc1cccc(Cl)c1)C1(c2cccs2)CCCC1. The van der Waals surface area contributed by atoms with E-state index in [-0.39, 0.29) is 11.3 Å². The van der Waals surface area contributed by atoms with E-state index in [4.69, 9.17) is 11.6 Å². The third-order valence-electron chi connectivity index (χ3n) is 4.28. The number of thiophene rings is 1. The van der Waals surface area contributed by atoms with E-state index < -0.39 is 0 Å². The lowest BCUT2D eigenvalue weighted by Gasteiger charge is -2.26. The minimum atomic E-state index is -0.341. The number of carbonyl (C=O) groups is 1. The van der Waals surface area contributed by atoms with E-state index >= 15 is 0 Å². The van der Waals surface area contributed by atoms with Gasteiger partial charge in [0.25, 0.3) is 0 Å². The molecule has 1 fully saturated rings. The third-order valence-corrected chi connectivity index (χ3v) is 5.59. The standard InChI is InChI=1S/C19H18ClNOS/c20-16-8-3-6-15(14-16)7-4-12-21-18(22)19(10-1-2-11-19)17-9-5-13-23-17/h3,5-6,8-9,13-14H,1-2,10-12H2,(H,21,22). The summed E-state index contributed by atoms with van der Waals surface area (Å²) in [6.07, 6.45) is 4.08. The van der Waals surface area contributed by atoms with E-state index in [1.165, 1.54) is 4.88 Å². The number of rotatable bonds is 3. The molecule has 0 spiro atoms. The number of nitrogens with one attached hydrogen (secondary N) is 1. The smallest absolute Gasteiger partial charge is 0.232 e. The van der Waals surface area contributed by atoms with Crippen molar-refractivity contribution < 1.29 is 4.79 Å². The lowest BCUT2D eigenvalue weighted by Crippen LogP contribution is -2.42. The molecule has 1 aromatic carbocycles. The number of hydrogen-bond donors (Lipinski definition) is 1. The van der Waals surface area contributed by atoms with Crippen LogP contribution >= 0.6 is 22.9 Å². The zero-order chi connectivity index (χ0) is 16.1. The van der Waals surface area contributed by atoms with E-state index in [0.29, 0.717) is 11.6 Å². The highest BCUT2D eigenvalue weighted by Gasteiger charge is 2.43. The normalized spacial score (nSPS) is 15.7. The van der Waals surface area contributed by atoms with Crippen LogP contribution in [0.25, 0.3) is 0 Å². The highest BCUT2D eigenvalue weighted by Crippen LogP contribution is 2.43. The monoisotopic (exact) mass is 343 g/mol. The Labute approximate surface area is 145 Å². The Kier molecular flexibility index (Phi) is 5.05. The predicted molar refractivity (Wildman–Crippen MR) is 95.8 cm³/mol. The molecule has 1 aliphatic carbocycles. The van der Waals surface area contributed by atoms with Crippen LogP contribution < -0.4 is 5.32 Å². The summed E-state index contributed by atoms with van der Waals surface area (Å²) in [5, 5.41) is 5.71. The van der Waals surface area contributed by atoms with Crippen LogP contribution in [0.15, 0.2) is 41.8 Å². The molecule has 1 aromatic heterocycles. The lowest BCUT2D eigenvalue weighted by molar-refractivity contribution is -0.126. The molecule has 0 aliphatic heterocycles. The number of halogens is 1. The van der Waals surface area contributed by atoms with E-state index in [1.54, 1.807) is 11.3 Å². The molecule has 0 saturated heterocycles. The van der Waals surface area contributed by atoms with Crippen LogP contribution in [0.4, 0.5) is 0 Å². The van der Waals surface area contributed by atoms with Crippen molar-refractivity contribution in [1.29, 1.82) is 0 Å². The van der Waals surface area contributed by atoms with Crippen molar-refractivity contribution in [2.24, 2.45) is 0 Å². The Morgan fingerprint density at radius 1 is 1.26 bits per heavy atom. The fourth-order valence-electron chi connectivity index (χ4n) is 3.12. The van der Waals surface area contributed by atoms with Crippen LogP contribution in [0.1, 0.15) is 36.1 Å². The first-order valence-electron chi connectivity index (χ1n) is 7.77. The minimum Gasteiger partial charge on any atom is -0.344 e. The van der Waals surface area contributed by atoms with Gasteiger partial charge in [-0.2, -0.15) is 0 Å². The van der Waals surface area contributed by atoms with Gasteiger partial charge in [0.15, 0.2) is 0 Å². The van der Waals surface area contributed by atoms with Crippen molar-refractivity contribution >= 4 is 28.8 Å². The van der Waals surface area contributed by atoms with Crippen LogP contribution in [0.2, 0.25) is 5.02 Å². The van der Waals surface area contributed by atoms with Gasteiger partial charge in [-0.15, -0.1) is 11.3 Å². The van der Waals surface area contributed by atoms with Crippen molar-refractivity contribution in [2.75, 3.05) is 6.54 Å². The molecular formula is C19H18ClNOS. The van der Waals surface area contributed by atoms with Gasteiger partial charge in [0, 0.05) is 15.5 Å². The van der Waals surface area contributed by atoms with Gasteiger partial charge in [0.2, 0.25) is 5.91 Å². The molecule has 4 heteroatoms. The summed E-state index contributed by atoms with van der Waals surface area (Å²) in [4.78, 5) is 13.9. The van der Waals surface area contributed by atoms with Crippen LogP contribution in [0, 0.1) is 11.8 Å². The fourth-order valence-corrected chi connectivity index (χ4v) is 4.29. The zero-order valence-corrected chi connectivity index (χ0v) is 14.3. The molecule has 0 bridgehead atoms. The first-order valence-corrected chi connectivity index (χ1v) is 9.03. The van der Waals surface area contributed by atoms with Crippen molar-refractivity contribution in [1.82, 2.24) is 5.32 Å². The molecule has 118 valence electrons. The van der Waals surface area contributed by atoms with E-state index in [0.717, 1.165) is 31.2 Å². The molecule has 1 heterocycles. The maximum Gasteiger partial charge on any atom is 0.232 e. The summed E-state index contributed by atoms with van der Waals surface area (Å²) in [7, 11) is 0. The molecule has 0 atom stereocenters. The van der Waals surface area contributed by atoms with Crippen molar-refractivity contribution in [3.63, 3.8) is 0 Å². The van der Waals surface area contributed by atoms with Gasteiger partial charge in [-0.1, -0.05) is 48.4 Å². The minimum absolute atomic E-state index is 0.109. The maximum atomic E-state index is 12.7.